The Balaban J connectivity index is 2.32. The summed E-state index contributed by atoms with van der Waals surface area (Å²) in [6.07, 6.45) is 0. The highest BCUT2D eigenvalue weighted by Crippen LogP contribution is 2.25. The molecule has 4 heteroatoms. The molecule has 0 saturated carbocycles. The minimum Gasteiger partial charge on any atom is -0.491 e. The van der Waals surface area contributed by atoms with E-state index < -0.39 is 5.82 Å². The highest BCUT2D eigenvalue weighted by Gasteiger charge is 2.04. The number of ether oxygens (including phenoxy) is 1. The summed E-state index contributed by atoms with van der Waals surface area (Å²) in [4.78, 5) is 0. The minimum absolute atomic E-state index is 0.103. The van der Waals surface area contributed by atoms with E-state index in [0.29, 0.717) is 16.9 Å². The Kier molecular flexibility index (Phi) is 3.89. The molecule has 0 atom stereocenters. The molecule has 1 N–H and O–H groups in total. The Morgan fingerprint density at radius 1 is 0.889 bits per heavy atom. The van der Waals surface area contributed by atoms with Crippen molar-refractivity contribution in [1.82, 2.24) is 0 Å². The molecule has 0 aliphatic heterocycles. The van der Waals surface area contributed by atoms with Gasteiger partial charge in [-0.3, -0.25) is 0 Å². The minimum atomic E-state index is -0.440. The Bertz CT molecular complexity index is 524. The fraction of sp³-hybridized carbons (Fsp3) is 0.143. The second-order valence-corrected chi connectivity index (χ2v) is 3.75. The van der Waals surface area contributed by atoms with Crippen LogP contribution in [0.5, 0.6) is 5.75 Å². The molecular weight excluding hydrogens is 238 g/mol. The second kappa shape index (κ2) is 5.60. The lowest BCUT2D eigenvalue weighted by Crippen LogP contribution is -2.01. The van der Waals surface area contributed by atoms with E-state index in [1.807, 2.05) is 0 Å². The van der Waals surface area contributed by atoms with Gasteiger partial charge in [-0.05, 0) is 35.4 Å². The van der Waals surface area contributed by atoms with E-state index in [0.717, 1.165) is 0 Å². The Morgan fingerprint density at radius 2 is 1.61 bits per heavy atom. The smallest absolute Gasteiger partial charge is 0.127 e. The molecule has 0 amide bonds. The van der Waals surface area contributed by atoms with E-state index >= 15 is 0 Å². The van der Waals surface area contributed by atoms with Gasteiger partial charge in [0, 0.05) is 6.07 Å². The summed E-state index contributed by atoms with van der Waals surface area (Å²) in [6, 6.07) is 10.00. The van der Waals surface area contributed by atoms with Crippen LogP contribution in [0.25, 0.3) is 11.1 Å². The maximum Gasteiger partial charge on any atom is 0.127 e. The Labute approximate surface area is 103 Å². The van der Waals surface area contributed by atoms with Gasteiger partial charge in [-0.25, -0.2) is 8.78 Å². The summed E-state index contributed by atoms with van der Waals surface area (Å²) in [5.41, 5.74) is 1.30. The topological polar surface area (TPSA) is 29.5 Å². The largest absolute Gasteiger partial charge is 0.491 e. The van der Waals surface area contributed by atoms with Crippen LogP contribution in [0.2, 0.25) is 0 Å². The van der Waals surface area contributed by atoms with Crippen LogP contribution in [-0.2, 0) is 0 Å². The molecule has 0 bridgehead atoms. The summed E-state index contributed by atoms with van der Waals surface area (Å²) >= 11 is 0. The molecule has 0 fully saturated rings. The van der Waals surface area contributed by atoms with Gasteiger partial charge in [0.25, 0.3) is 0 Å². The van der Waals surface area contributed by atoms with Crippen LogP contribution in [0.1, 0.15) is 0 Å². The zero-order valence-corrected chi connectivity index (χ0v) is 9.57. The number of rotatable bonds is 4. The third kappa shape index (κ3) is 3.05. The monoisotopic (exact) mass is 250 g/mol. The lowest BCUT2D eigenvalue weighted by atomic mass is 10.1. The predicted octanol–water partition coefficient (Wildman–Crippen LogP) is 3.00. The van der Waals surface area contributed by atoms with Crippen molar-refractivity contribution in [1.29, 1.82) is 0 Å². The number of hydrogen-bond acceptors (Lipinski definition) is 2. The van der Waals surface area contributed by atoms with Gasteiger partial charge in [-0.1, -0.05) is 12.1 Å². The van der Waals surface area contributed by atoms with Crippen molar-refractivity contribution in [2.75, 3.05) is 13.2 Å². The average molecular weight is 250 g/mol. The molecule has 94 valence electrons. The van der Waals surface area contributed by atoms with E-state index in [9.17, 15) is 8.78 Å². The standard InChI is InChI=1S/C14H12F2O2/c15-12-3-1-10(2-4-12)11-7-13(16)9-14(8-11)18-6-5-17/h1-4,7-9,17H,5-6H2. The van der Waals surface area contributed by atoms with Gasteiger partial charge in [0.15, 0.2) is 0 Å². The van der Waals surface area contributed by atoms with Crippen LogP contribution in [-0.4, -0.2) is 18.3 Å². The number of hydrogen-bond donors (Lipinski definition) is 1. The molecule has 0 aromatic heterocycles. The first-order valence-electron chi connectivity index (χ1n) is 5.49. The van der Waals surface area contributed by atoms with Gasteiger partial charge in [0.1, 0.15) is 24.0 Å². The predicted molar refractivity (Wildman–Crippen MR) is 64.4 cm³/mol. The zero-order valence-electron chi connectivity index (χ0n) is 9.57. The molecule has 2 rings (SSSR count). The first-order valence-corrected chi connectivity index (χ1v) is 5.49. The van der Waals surface area contributed by atoms with E-state index in [1.54, 1.807) is 18.2 Å². The normalized spacial score (nSPS) is 10.4. The molecule has 0 spiro atoms. The molecule has 0 aliphatic rings. The van der Waals surface area contributed by atoms with Gasteiger partial charge >= 0.3 is 0 Å². The highest BCUT2D eigenvalue weighted by molar-refractivity contribution is 5.65. The molecular formula is C14H12F2O2. The first-order chi connectivity index (χ1) is 8.69. The summed E-state index contributed by atoms with van der Waals surface area (Å²) in [5, 5.41) is 8.65. The maximum absolute atomic E-state index is 13.4. The van der Waals surface area contributed by atoms with Crippen LogP contribution >= 0.6 is 0 Å². The molecule has 0 aliphatic carbocycles. The Morgan fingerprint density at radius 3 is 2.28 bits per heavy atom. The summed E-state index contributed by atoms with van der Waals surface area (Å²) in [7, 11) is 0. The van der Waals surface area contributed by atoms with E-state index in [2.05, 4.69) is 0 Å². The molecule has 2 aromatic rings. The lowest BCUT2D eigenvalue weighted by Gasteiger charge is -2.08. The average Bonchev–Trinajstić information content (AvgIpc) is 2.36. The van der Waals surface area contributed by atoms with Crippen molar-refractivity contribution < 1.29 is 18.6 Å². The molecule has 0 radical (unpaired) electrons. The molecule has 0 unspecified atom stereocenters. The van der Waals surface area contributed by atoms with E-state index in [4.69, 9.17) is 9.84 Å². The number of benzene rings is 2. The Hall–Kier alpha value is -1.94. The molecule has 0 saturated heterocycles. The number of aliphatic hydroxyl groups excluding tert-OH is 1. The van der Waals surface area contributed by atoms with Crippen LogP contribution in [0, 0.1) is 11.6 Å². The fourth-order valence-electron chi connectivity index (χ4n) is 1.62. The first kappa shape index (κ1) is 12.5. The van der Waals surface area contributed by atoms with Gasteiger partial charge < -0.3 is 9.84 Å². The molecule has 2 aromatic carbocycles. The van der Waals surface area contributed by atoms with Gasteiger partial charge in [-0.2, -0.15) is 0 Å². The number of halogens is 2. The van der Waals surface area contributed by atoms with Crippen LogP contribution in [0.3, 0.4) is 0 Å². The third-order valence-electron chi connectivity index (χ3n) is 2.41. The van der Waals surface area contributed by atoms with Gasteiger partial charge in [0.05, 0.1) is 6.61 Å². The second-order valence-electron chi connectivity index (χ2n) is 3.75. The number of aliphatic hydroxyl groups is 1. The van der Waals surface area contributed by atoms with Crippen molar-refractivity contribution in [2.45, 2.75) is 0 Å². The van der Waals surface area contributed by atoms with Crippen molar-refractivity contribution >= 4 is 0 Å². The van der Waals surface area contributed by atoms with Crippen molar-refractivity contribution in [3.8, 4) is 16.9 Å². The molecule has 18 heavy (non-hydrogen) atoms. The lowest BCUT2D eigenvalue weighted by molar-refractivity contribution is 0.201. The fourth-order valence-corrected chi connectivity index (χ4v) is 1.62. The van der Waals surface area contributed by atoms with Crippen LogP contribution in [0.15, 0.2) is 42.5 Å². The summed E-state index contributed by atoms with van der Waals surface area (Å²) in [5.74, 6) is -0.444. The van der Waals surface area contributed by atoms with E-state index in [1.165, 1.54) is 24.3 Å². The highest BCUT2D eigenvalue weighted by atomic mass is 19.1. The quantitative estimate of drug-likeness (QED) is 0.903. The molecule has 0 heterocycles. The van der Waals surface area contributed by atoms with E-state index in [-0.39, 0.29) is 19.0 Å². The zero-order chi connectivity index (χ0) is 13.0. The van der Waals surface area contributed by atoms with Crippen molar-refractivity contribution in [3.05, 3.63) is 54.1 Å². The van der Waals surface area contributed by atoms with Crippen molar-refractivity contribution in [3.63, 3.8) is 0 Å². The summed E-state index contributed by atoms with van der Waals surface area (Å²) in [6.45, 7) is -0.0330. The van der Waals surface area contributed by atoms with Crippen LogP contribution in [0.4, 0.5) is 8.78 Å². The van der Waals surface area contributed by atoms with Gasteiger partial charge in [0.2, 0.25) is 0 Å². The SMILES string of the molecule is OCCOc1cc(F)cc(-c2ccc(F)cc2)c1. The van der Waals surface area contributed by atoms with Crippen molar-refractivity contribution in [2.24, 2.45) is 0 Å². The summed E-state index contributed by atoms with van der Waals surface area (Å²) < 4.78 is 31.4. The third-order valence-corrected chi connectivity index (χ3v) is 2.41. The maximum atomic E-state index is 13.4. The van der Waals surface area contributed by atoms with Gasteiger partial charge in [-0.15, -0.1) is 0 Å². The van der Waals surface area contributed by atoms with Crippen LogP contribution < -0.4 is 4.74 Å². The molecule has 2 nitrogen and oxygen atoms in total.